The molecule has 3 rings (SSSR count). The fourth-order valence-electron chi connectivity index (χ4n) is 2.25. The molecular formula is C18H17N3O2S. The summed E-state index contributed by atoms with van der Waals surface area (Å²) in [5.74, 6) is 0.533. The lowest BCUT2D eigenvalue weighted by atomic mass is 10.1. The standard InChI is InChI=1S/C18H17N3O2S/c1-11-4-7-16(23-3)14(8-11)15-10-24-18(20-15)21-17(22)13-6-5-12(2)19-9-13/h4-10H,1-3H3,(H,20,21,22). The summed E-state index contributed by atoms with van der Waals surface area (Å²) >= 11 is 1.38. The summed E-state index contributed by atoms with van der Waals surface area (Å²) < 4.78 is 5.39. The van der Waals surface area contributed by atoms with Crippen molar-refractivity contribution in [2.45, 2.75) is 13.8 Å². The zero-order valence-corrected chi connectivity index (χ0v) is 14.5. The summed E-state index contributed by atoms with van der Waals surface area (Å²) in [4.78, 5) is 20.9. The molecule has 24 heavy (non-hydrogen) atoms. The number of aromatic nitrogens is 2. The zero-order chi connectivity index (χ0) is 17.1. The Balaban J connectivity index is 1.82. The van der Waals surface area contributed by atoms with E-state index in [1.807, 2.05) is 37.4 Å². The quantitative estimate of drug-likeness (QED) is 0.778. The number of methoxy groups -OCH3 is 1. The molecule has 2 aromatic heterocycles. The molecule has 6 heteroatoms. The molecule has 0 bridgehead atoms. The van der Waals surface area contributed by atoms with Crippen LogP contribution in [-0.2, 0) is 0 Å². The molecule has 122 valence electrons. The Kier molecular flexibility index (Phi) is 4.57. The number of amides is 1. The van der Waals surface area contributed by atoms with E-state index in [-0.39, 0.29) is 5.91 Å². The number of rotatable bonds is 4. The van der Waals surface area contributed by atoms with Gasteiger partial charge in [-0.1, -0.05) is 11.6 Å². The molecule has 1 amide bonds. The van der Waals surface area contributed by atoms with Gasteiger partial charge in [-0.15, -0.1) is 11.3 Å². The van der Waals surface area contributed by atoms with Crippen molar-refractivity contribution in [2.75, 3.05) is 12.4 Å². The Morgan fingerprint density at radius 2 is 2.04 bits per heavy atom. The lowest BCUT2D eigenvalue weighted by Crippen LogP contribution is -2.12. The number of aryl methyl sites for hydroxylation is 2. The van der Waals surface area contributed by atoms with Gasteiger partial charge in [-0.2, -0.15) is 0 Å². The van der Waals surface area contributed by atoms with Crippen LogP contribution in [0.25, 0.3) is 11.3 Å². The molecule has 0 fully saturated rings. The molecule has 3 aromatic rings. The first-order chi connectivity index (χ1) is 11.6. The van der Waals surface area contributed by atoms with Crippen LogP contribution in [0.3, 0.4) is 0 Å². The Morgan fingerprint density at radius 1 is 1.21 bits per heavy atom. The second kappa shape index (κ2) is 6.80. The molecular weight excluding hydrogens is 322 g/mol. The molecule has 1 aromatic carbocycles. The maximum absolute atomic E-state index is 12.2. The smallest absolute Gasteiger partial charge is 0.259 e. The van der Waals surface area contributed by atoms with Gasteiger partial charge in [0.05, 0.1) is 18.4 Å². The lowest BCUT2D eigenvalue weighted by molar-refractivity contribution is 0.102. The van der Waals surface area contributed by atoms with Crippen molar-refractivity contribution in [1.29, 1.82) is 0 Å². The summed E-state index contributed by atoms with van der Waals surface area (Å²) in [7, 11) is 1.63. The summed E-state index contributed by atoms with van der Waals surface area (Å²) in [5.41, 5.74) is 4.18. The van der Waals surface area contributed by atoms with E-state index < -0.39 is 0 Å². The summed E-state index contributed by atoms with van der Waals surface area (Å²) in [6, 6.07) is 9.47. The first-order valence-electron chi connectivity index (χ1n) is 7.41. The third-order valence-electron chi connectivity index (χ3n) is 3.53. The van der Waals surface area contributed by atoms with Gasteiger partial charge in [0.25, 0.3) is 5.91 Å². The highest BCUT2D eigenvalue weighted by Gasteiger charge is 2.13. The van der Waals surface area contributed by atoms with Crippen LogP contribution in [0, 0.1) is 13.8 Å². The van der Waals surface area contributed by atoms with Gasteiger partial charge in [0.15, 0.2) is 5.13 Å². The molecule has 0 aliphatic heterocycles. The minimum Gasteiger partial charge on any atom is -0.496 e. The van der Waals surface area contributed by atoms with Gasteiger partial charge in [0, 0.05) is 22.8 Å². The Hall–Kier alpha value is -2.73. The summed E-state index contributed by atoms with van der Waals surface area (Å²) in [5, 5.41) is 5.25. The van der Waals surface area contributed by atoms with Crippen LogP contribution in [0.2, 0.25) is 0 Å². The second-order valence-electron chi connectivity index (χ2n) is 5.38. The Labute approximate surface area is 144 Å². The minimum absolute atomic E-state index is 0.223. The molecule has 5 nitrogen and oxygen atoms in total. The Bertz CT molecular complexity index is 872. The number of hydrogen-bond acceptors (Lipinski definition) is 5. The fraction of sp³-hybridized carbons (Fsp3) is 0.167. The average Bonchev–Trinajstić information content (AvgIpc) is 3.03. The molecule has 1 N–H and O–H groups in total. The molecule has 0 saturated carbocycles. The Morgan fingerprint density at radius 3 is 2.75 bits per heavy atom. The van der Waals surface area contributed by atoms with E-state index in [0.717, 1.165) is 28.3 Å². The number of ether oxygens (including phenoxy) is 1. The SMILES string of the molecule is COc1ccc(C)cc1-c1csc(NC(=O)c2ccc(C)nc2)n1. The van der Waals surface area contributed by atoms with E-state index >= 15 is 0 Å². The third kappa shape index (κ3) is 3.44. The highest BCUT2D eigenvalue weighted by Crippen LogP contribution is 2.33. The van der Waals surface area contributed by atoms with Crippen LogP contribution >= 0.6 is 11.3 Å². The average molecular weight is 339 g/mol. The number of anilines is 1. The fourth-order valence-corrected chi connectivity index (χ4v) is 2.95. The highest BCUT2D eigenvalue weighted by atomic mass is 32.1. The van der Waals surface area contributed by atoms with Gasteiger partial charge in [-0.05, 0) is 38.1 Å². The molecule has 0 saturated heterocycles. The minimum atomic E-state index is -0.223. The van der Waals surface area contributed by atoms with Gasteiger partial charge in [-0.3, -0.25) is 15.1 Å². The number of pyridine rings is 1. The topological polar surface area (TPSA) is 64.1 Å². The molecule has 0 atom stereocenters. The molecule has 0 aliphatic carbocycles. The van der Waals surface area contributed by atoms with Crippen LogP contribution < -0.4 is 10.1 Å². The van der Waals surface area contributed by atoms with E-state index in [2.05, 4.69) is 15.3 Å². The summed E-state index contributed by atoms with van der Waals surface area (Å²) in [6.45, 7) is 3.90. The van der Waals surface area contributed by atoms with Crippen molar-refractivity contribution in [3.63, 3.8) is 0 Å². The number of carbonyl (C=O) groups is 1. The number of nitrogens with zero attached hydrogens (tertiary/aromatic N) is 2. The van der Waals surface area contributed by atoms with Crippen molar-refractivity contribution < 1.29 is 9.53 Å². The molecule has 0 radical (unpaired) electrons. The van der Waals surface area contributed by atoms with E-state index in [1.165, 1.54) is 11.3 Å². The van der Waals surface area contributed by atoms with Crippen LogP contribution in [0.4, 0.5) is 5.13 Å². The zero-order valence-electron chi connectivity index (χ0n) is 13.7. The predicted molar refractivity (Wildman–Crippen MR) is 95.8 cm³/mol. The molecule has 0 spiro atoms. The normalized spacial score (nSPS) is 10.5. The van der Waals surface area contributed by atoms with Crippen molar-refractivity contribution in [1.82, 2.24) is 9.97 Å². The van der Waals surface area contributed by atoms with Gasteiger partial charge < -0.3 is 4.74 Å². The largest absolute Gasteiger partial charge is 0.496 e. The monoisotopic (exact) mass is 339 g/mol. The van der Waals surface area contributed by atoms with Crippen molar-refractivity contribution in [3.05, 3.63) is 58.7 Å². The number of carbonyl (C=O) groups excluding carboxylic acids is 1. The second-order valence-corrected chi connectivity index (χ2v) is 6.24. The van der Waals surface area contributed by atoms with E-state index in [4.69, 9.17) is 4.74 Å². The van der Waals surface area contributed by atoms with Gasteiger partial charge in [0.2, 0.25) is 0 Å². The van der Waals surface area contributed by atoms with Crippen molar-refractivity contribution in [3.8, 4) is 17.0 Å². The van der Waals surface area contributed by atoms with Crippen molar-refractivity contribution >= 4 is 22.4 Å². The maximum atomic E-state index is 12.2. The van der Waals surface area contributed by atoms with E-state index in [0.29, 0.717) is 10.7 Å². The van der Waals surface area contributed by atoms with Crippen LogP contribution in [-0.4, -0.2) is 23.0 Å². The van der Waals surface area contributed by atoms with Crippen molar-refractivity contribution in [2.24, 2.45) is 0 Å². The van der Waals surface area contributed by atoms with E-state index in [9.17, 15) is 4.79 Å². The number of hydrogen-bond donors (Lipinski definition) is 1. The van der Waals surface area contributed by atoms with Crippen LogP contribution in [0.5, 0.6) is 5.75 Å². The molecule has 2 heterocycles. The van der Waals surface area contributed by atoms with Gasteiger partial charge in [-0.25, -0.2) is 4.98 Å². The third-order valence-corrected chi connectivity index (χ3v) is 4.29. The van der Waals surface area contributed by atoms with Gasteiger partial charge in [0.1, 0.15) is 5.75 Å². The first kappa shape index (κ1) is 16.1. The maximum Gasteiger partial charge on any atom is 0.259 e. The van der Waals surface area contributed by atoms with E-state index in [1.54, 1.807) is 25.4 Å². The van der Waals surface area contributed by atoms with Crippen LogP contribution in [0.15, 0.2) is 41.9 Å². The first-order valence-corrected chi connectivity index (χ1v) is 8.29. The number of nitrogens with one attached hydrogen (secondary N) is 1. The van der Waals surface area contributed by atoms with Gasteiger partial charge >= 0.3 is 0 Å². The van der Waals surface area contributed by atoms with Crippen LogP contribution in [0.1, 0.15) is 21.6 Å². The number of benzene rings is 1. The molecule has 0 aliphatic rings. The summed E-state index contributed by atoms with van der Waals surface area (Å²) in [6.07, 6.45) is 1.56. The highest BCUT2D eigenvalue weighted by molar-refractivity contribution is 7.14. The lowest BCUT2D eigenvalue weighted by Gasteiger charge is -2.07. The predicted octanol–water partition coefficient (Wildman–Crippen LogP) is 4.08. The molecule has 0 unspecified atom stereocenters. The number of thiazole rings is 1.